The smallest absolute Gasteiger partial charge is 0.296 e. The number of anilines is 2. The standard InChI is InChI=1S/C23H24N6O3S/c1-15-4-6-16(7-5-15)14-32-23-27-26-22(33-23)25-21(31)18-3-2-10-24-20(18)28-11-12-29-17(13-28)8-9-19(29)30/h2-7,10,17H,8-9,11-14H2,1H3,(H,25,26,31). The minimum atomic E-state index is -0.302. The van der Waals surface area contributed by atoms with Crippen molar-refractivity contribution in [3.63, 3.8) is 0 Å². The van der Waals surface area contributed by atoms with Crippen molar-refractivity contribution in [2.75, 3.05) is 29.9 Å². The third-order valence-corrected chi connectivity index (χ3v) is 6.69. The van der Waals surface area contributed by atoms with Crippen LogP contribution in [0.25, 0.3) is 0 Å². The first-order valence-corrected chi connectivity index (χ1v) is 11.7. The first-order valence-electron chi connectivity index (χ1n) is 10.9. The van der Waals surface area contributed by atoms with E-state index in [4.69, 9.17) is 4.74 Å². The summed E-state index contributed by atoms with van der Waals surface area (Å²) in [6.07, 6.45) is 3.12. The molecule has 2 saturated heterocycles. The van der Waals surface area contributed by atoms with Crippen molar-refractivity contribution in [2.24, 2.45) is 0 Å². The van der Waals surface area contributed by atoms with Crippen LogP contribution >= 0.6 is 11.3 Å². The Morgan fingerprint density at radius 2 is 2.06 bits per heavy atom. The highest BCUT2D eigenvalue weighted by Crippen LogP contribution is 2.28. The van der Waals surface area contributed by atoms with Gasteiger partial charge < -0.3 is 14.5 Å². The van der Waals surface area contributed by atoms with Crippen LogP contribution in [0, 0.1) is 6.92 Å². The summed E-state index contributed by atoms with van der Waals surface area (Å²) in [6.45, 7) is 4.40. The van der Waals surface area contributed by atoms with Crippen LogP contribution in [0.4, 0.5) is 10.9 Å². The molecule has 0 radical (unpaired) electrons. The molecule has 4 heterocycles. The lowest BCUT2D eigenvalue weighted by molar-refractivity contribution is -0.129. The van der Waals surface area contributed by atoms with Crippen molar-refractivity contribution in [3.05, 3.63) is 59.3 Å². The van der Waals surface area contributed by atoms with E-state index >= 15 is 0 Å². The molecular weight excluding hydrogens is 440 g/mol. The van der Waals surface area contributed by atoms with Crippen LogP contribution in [0.2, 0.25) is 0 Å². The molecule has 0 saturated carbocycles. The molecular formula is C23H24N6O3S. The van der Waals surface area contributed by atoms with Crippen LogP contribution in [0.3, 0.4) is 0 Å². The average Bonchev–Trinajstić information content (AvgIpc) is 3.44. The molecule has 170 valence electrons. The van der Waals surface area contributed by atoms with Gasteiger partial charge >= 0.3 is 0 Å². The number of aryl methyl sites for hydroxylation is 1. The predicted molar refractivity (Wildman–Crippen MR) is 125 cm³/mol. The van der Waals surface area contributed by atoms with Gasteiger partial charge in [0.05, 0.1) is 5.56 Å². The van der Waals surface area contributed by atoms with Crippen molar-refractivity contribution in [1.82, 2.24) is 20.1 Å². The number of rotatable bonds is 6. The molecule has 2 aromatic heterocycles. The molecule has 5 rings (SSSR count). The Bertz CT molecular complexity index is 1170. The summed E-state index contributed by atoms with van der Waals surface area (Å²) in [4.78, 5) is 33.5. The molecule has 2 aliphatic rings. The highest BCUT2D eigenvalue weighted by Gasteiger charge is 2.36. The fourth-order valence-corrected chi connectivity index (χ4v) is 4.79. The van der Waals surface area contributed by atoms with Crippen molar-refractivity contribution in [2.45, 2.75) is 32.4 Å². The Hall–Kier alpha value is -3.53. The minimum Gasteiger partial charge on any atom is -0.464 e. The number of amides is 2. The maximum atomic E-state index is 13.0. The second kappa shape index (κ2) is 9.14. The Morgan fingerprint density at radius 1 is 1.21 bits per heavy atom. The Kier molecular flexibility index (Phi) is 5.91. The van der Waals surface area contributed by atoms with E-state index in [0.29, 0.717) is 54.4 Å². The molecule has 9 nitrogen and oxygen atoms in total. The fourth-order valence-electron chi connectivity index (χ4n) is 4.20. The molecule has 1 N–H and O–H groups in total. The van der Waals surface area contributed by atoms with Crippen molar-refractivity contribution in [3.8, 4) is 5.19 Å². The molecule has 0 spiro atoms. The largest absolute Gasteiger partial charge is 0.464 e. The zero-order valence-electron chi connectivity index (χ0n) is 18.2. The summed E-state index contributed by atoms with van der Waals surface area (Å²) in [7, 11) is 0. The predicted octanol–water partition coefficient (Wildman–Crippen LogP) is 2.88. The molecule has 0 aliphatic carbocycles. The number of fused-ring (bicyclic) bond motifs is 1. The molecule has 1 unspecified atom stereocenters. The zero-order chi connectivity index (χ0) is 22.8. The highest BCUT2D eigenvalue weighted by atomic mass is 32.1. The van der Waals surface area contributed by atoms with E-state index in [0.717, 1.165) is 12.0 Å². The summed E-state index contributed by atoms with van der Waals surface area (Å²) in [5.74, 6) is 0.536. The SMILES string of the molecule is Cc1ccc(COc2nnc(NC(=O)c3cccnc3N3CCN4C(=O)CCC4C3)s2)cc1. The van der Waals surface area contributed by atoms with Crippen molar-refractivity contribution >= 4 is 34.1 Å². The molecule has 33 heavy (non-hydrogen) atoms. The number of aromatic nitrogens is 3. The summed E-state index contributed by atoms with van der Waals surface area (Å²) < 4.78 is 5.71. The topological polar surface area (TPSA) is 101 Å². The van der Waals surface area contributed by atoms with E-state index in [9.17, 15) is 9.59 Å². The molecule has 2 amide bonds. The van der Waals surface area contributed by atoms with Gasteiger partial charge in [-0.05, 0) is 42.4 Å². The van der Waals surface area contributed by atoms with E-state index in [1.54, 1.807) is 18.3 Å². The number of carbonyl (C=O) groups is 2. The van der Waals surface area contributed by atoms with Gasteiger partial charge in [-0.1, -0.05) is 34.9 Å². The number of piperazine rings is 1. The van der Waals surface area contributed by atoms with Gasteiger partial charge in [0.25, 0.3) is 11.1 Å². The second-order valence-electron chi connectivity index (χ2n) is 8.20. The number of ether oxygens (including phenoxy) is 1. The number of benzene rings is 1. The lowest BCUT2D eigenvalue weighted by atomic mass is 10.1. The Labute approximate surface area is 195 Å². The van der Waals surface area contributed by atoms with E-state index in [1.165, 1.54) is 16.9 Å². The number of pyridine rings is 1. The molecule has 10 heteroatoms. The van der Waals surface area contributed by atoms with Gasteiger partial charge in [-0.25, -0.2) is 4.98 Å². The number of nitrogens with zero attached hydrogens (tertiary/aromatic N) is 5. The van der Waals surface area contributed by atoms with Gasteiger partial charge in [0.15, 0.2) is 0 Å². The van der Waals surface area contributed by atoms with E-state index < -0.39 is 0 Å². The van der Waals surface area contributed by atoms with E-state index in [2.05, 4.69) is 25.4 Å². The van der Waals surface area contributed by atoms with Gasteiger partial charge in [-0.3, -0.25) is 14.9 Å². The van der Waals surface area contributed by atoms with Crippen molar-refractivity contribution < 1.29 is 14.3 Å². The number of carbonyl (C=O) groups excluding carboxylic acids is 2. The maximum Gasteiger partial charge on any atom is 0.296 e. The summed E-state index contributed by atoms with van der Waals surface area (Å²) in [6, 6.07) is 11.7. The number of hydrogen-bond donors (Lipinski definition) is 1. The fraction of sp³-hybridized carbons (Fsp3) is 0.348. The van der Waals surface area contributed by atoms with Crippen LogP contribution in [0.5, 0.6) is 5.19 Å². The van der Waals surface area contributed by atoms with Crippen molar-refractivity contribution in [1.29, 1.82) is 0 Å². The van der Waals surface area contributed by atoms with Gasteiger partial charge in [-0.2, -0.15) is 0 Å². The molecule has 1 aromatic carbocycles. The lowest BCUT2D eigenvalue weighted by Crippen LogP contribution is -2.52. The summed E-state index contributed by atoms with van der Waals surface area (Å²) >= 11 is 1.18. The monoisotopic (exact) mass is 464 g/mol. The molecule has 2 fully saturated rings. The number of nitrogens with one attached hydrogen (secondary N) is 1. The minimum absolute atomic E-state index is 0.181. The van der Waals surface area contributed by atoms with Gasteiger partial charge in [-0.15, -0.1) is 5.10 Å². The van der Waals surface area contributed by atoms with Gasteiger partial charge in [0, 0.05) is 38.3 Å². The normalized spacial score (nSPS) is 17.7. The lowest BCUT2D eigenvalue weighted by Gasteiger charge is -2.38. The Morgan fingerprint density at radius 3 is 2.91 bits per heavy atom. The Balaban J connectivity index is 1.24. The summed E-state index contributed by atoms with van der Waals surface area (Å²) in [5, 5.41) is 11.6. The zero-order valence-corrected chi connectivity index (χ0v) is 19.0. The van der Waals surface area contributed by atoms with Crippen LogP contribution in [-0.4, -0.2) is 57.6 Å². The maximum absolute atomic E-state index is 13.0. The van der Waals surface area contributed by atoms with E-state index in [1.807, 2.05) is 36.1 Å². The summed E-state index contributed by atoms with van der Waals surface area (Å²) in [5.41, 5.74) is 2.69. The molecule has 3 aromatic rings. The second-order valence-corrected chi connectivity index (χ2v) is 9.14. The van der Waals surface area contributed by atoms with E-state index in [-0.39, 0.29) is 17.9 Å². The van der Waals surface area contributed by atoms with Gasteiger partial charge in [0.1, 0.15) is 12.4 Å². The van der Waals surface area contributed by atoms with Crippen LogP contribution in [0.1, 0.15) is 34.3 Å². The first kappa shape index (κ1) is 21.3. The average molecular weight is 465 g/mol. The quantitative estimate of drug-likeness (QED) is 0.599. The third kappa shape index (κ3) is 4.65. The van der Waals surface area contributed by atoms with Crippen LogP contribution in [0.15, 0.2) is 42.6 Å². The molecule has 0 bridgehead atoms. The van der Waals surface area contributed by atoms with Gasteiger partial charge in [0.2, 0.25) is 11.0 Å². The number of hydrogen-bond acceptors (Lipinski definition) is 8. The first-order chi connectivity index (χ1) is 16.1. The highest BCUT2D eigenvalue weighted by molar-refractivity contribution is 7.17. The van der Waals surface area contributed by atoms with Crippen LogP contribution < -0.4 is 15.0 Å². The third-order valence-electron chi connectivity index (χ3n) is 5.94. The molecule has 2 aliphatic heterocycles. The molecule has 1 atom stereocenters. The van der Waals surface area contributed by atoms with Crippen LogP contribution in [-0.2, 0) is 11.4 Å².